The highest BCUT2D eigenvalue weighted by Gasteiger charge is 2.19. The van der Waals surface area contributed by atoms with Crippen molar-refractivity contribution in [3.05, 3.63) is 0 Å². The third-order valence-electron chi connectivity index (χ3n) is 3.20. The van der Waals surface area contributed by atoms with E-state index in [0.29, 0.717) is 17.7 Å². The van der Waals surface area contributed by atoms with Crippen molar-refractivity contribution < 1.29 is 4.79 Å². The maximum Gasteiger partial charge on any atom is 0.226 e. The highest BCUT2D eigenvalue weighted by molar-refractivity contribution is 5.78. The van der Waals surface area contributed by atoms with Crippen molar-refractivity contribution in [2.45, 2.75) is 47.5 Å². The molecular formula is C15H32N2O. The first-order chi connectivity index (χ1) is 8.38. The van der Waals surface area contributed by atoms with E-state index in [9.17, 15) is 4.79 Å². The highest BCUT2D eigenvalue weighted by Crippen LogP contribution is 2.10. The molecule has 0 aromatic carbocycles. The monoisotopic (exact) mass is 256 g/mol. The molecule has 1 unspecified atom stereocenters. The van der Waals surface area contributed by atoms with Crippen molar-refractivity contribution in [2.75, 3.05) is 26.7 Å². The summed E-state index contributed by atoms with van der Waals surface area (Å²) < 4.78 is 0. The summed E-state index contributed by atoms with van der Waals surface area (Å²) in [6.07, 6.45) is 2.19. The van der Waals surface area contributed by atoms with Crippen molar-refractivity contribution in [1.29, 1.82) is 0 Å². The fraction of sp³-hybridized carbons (Fsp3) is 0.933. The van der Waals surface area contributed by atoms with Gasteiger partial charge in [-0.25, -0.2) is 0 Å². The van der Waals surface area contributed by atoms with Gasteiger partial charge >= 0.3 is 0 Å². The molecule has 0 radical (unpaired) electrons. The Morgan fingerprint density at radius 3 is 1.78 bits per heavy atom. The Balaban J connectivity index is 4.37. The molecule has 3 heteroatoms. The molecule has 0 rings (SSSR count). The van der Waals surface area contributed by atoms with E-state index in [0.717, 1.165) is 32.5 Å². The second kappa shape index (κ2) is 9.37. The topological polar surface area (TPSA) is 32.3 Å². The van der Waals surface area contributed by atoms with Gasteiger partial charge < -0.3 is 10.2 Å². The Morgan fingerprint density at radius 1 is 1.00 bits per heavy atom. The second-order valence-corrected chi connectivity index (χ2v) is 6.15. The Kier molecular flexibility index (Phi) is 9.08. The van der Waals surface area contributed by atoms with Crippen LogP contribution in [0.3, 0.4) is 0 Å². The highest BCUT2D eigenvalue weighted by atomic mass is 16.2. The predicted octanol–water partition coefficient (Wildman–Crippen LogP) is 2.76. The van der Waals surface area contributed by atoms with Gasteiger partial charge in [-0.3, -0.25) is 4.79 Å². The van der Waals surface area contributed by atoms with Gasteiger partial charge in [0.05, 0.1) is 0 Å². The number of nitrogens with one attached hydrogen (secondary N) is 1. The second-order valence-electron chi connectivity index (χ2n) is 6.15. The van der Waals surface area contributed by atoms with Crippen LogP contribution in [0.5, 0.6) is 0 Å². The van der Waals surface area contributed by atoms with Gasteiger partial charge in [-0.1, -0.05) is 34.6 Å². The first kappa shape index (κ1) is 17.4. The number of hydrogen-bond acceptors (Lipinski definition) is 2. The van der Waals surface area contributed by atoms with E-state index in [4.69, 9.17) is 0 Å². The Bertz CT molecular complexity index is 215. The lowest BCUT2D eigenvalue weighted by atomic mass is 10.1. The molecule has 0 aromatic heterocycles. The van der Waals surface area contributed by atoms with Gasteiger partial charge in [0.1, 0.15) is 0 Å². The summed E-state index contributed by atoms with van der Waals surface area (Å²) in [4.78, 5) is 14.4. The van der Waals surface area contributed by atoms with Crippen LogP contribution in [0.15, 0.2) is 0 Å². The van der Waals surface area contributed by atoms with Crippen LogP contribution >= 0.6 is 0 Å². The summed E-state index contributed by atoms with van der Waals surface area (Å²) in [6.45, 7) is 13.4. The van der Waals surface area contributed by atoms with E-state index in [1.165, 1.54) is 0 Å². The van der Waals surface area contributed by atoms with Crippen LogP contribution in [0.25, 0.3) is 0 Å². The van der Waals surface area contributed by atoms with Crippen molar-refractivity contribution in [1.82, 2.24) is 10.2 Å². The Labute approximate surface area is 113 Å². The maximum atomic E-state index is 12.3. The van der Waals surface area contributed by atoms with Gasteiger partial charge in [0, 0.05) is 25.6 Å². The van der Waals surface area contributed by atoms with E-state index < -0.39 is 0 Å². The number of nitrogens with zero attached hydrogens (tertiary/aromatic N) is 1. The molecule has 0 aliphatic rings. The van der Waals surface area contributed by atoms with Gasteiger partial charge in [0.2, 0.25) is 5.91 Å². The van der Waals surface area contributed by atoms with E-state index >= 15 is 0 Å². The standard InChI is InChI=1S/C15H32N2O/c1-12(2)7-9-17(10-8-13(3)4)15(18)14(5)11-16-6/h12-14,16H,7-11H2,1-6H3. The first-order valence-corrected chi connectivity index (χ1v) is 7.31. The smallest absolute Gasteiger partial charge is 0.226 e. The predicted molar refractivity (Wildman–Crippen MR) is 78.6 cm³/mol. The number of rotatable bonds is 9. The van der Waals surface area contributed by atoms with Crippen molar-refractivity contribution in [2.24, 2.45) is 17.8 Å². The molecule has 0 saturated carbocycles. The van der Waals surface area contributed by atoms with Crippen LogP contribution in [-0.2, 0) is 4.79 Å². The van der Waals surface area contributed by atoms with E-state index in [2.05, 4.69) is 37.9 Å². The molecule has 0 bridgehead atoms. The van der Waals surface area contributed by atoms with Gasteiger partial charge in [-0.05, 0) is 31.7 Å². The summed E-state index contributed by atoms with van der Waals surface area (Å²) in [6, 6.07) is 0. The molecule has 18 heavy (non-hydrogen) atoms. The molecule has 0 heterocycles. The SMILES string of the molecule is CNCC(C)C(=O)N(CCC(C)C)CCC(C)C. The average Bonchev–Trinajstić information content (AvgIpc) is 2.28. The average molecular weight is 256 g/mol. The number of hydrogen-bond donors (Lipinski definition) is 1. The fourth-order valence-electron chi connectivity index (χ4n) is 1.87. The molecule has 0 aliphatic heterocycles. The quantitative estimate of drug-likeness (QED) is 0.688. The Morgan fingerprint density at radius 2 is 1.44 bits per heavy atom. The van der Waals surface area contributed by atoms with Crippen molar-refractivity contribution in [3.63, 3.8) is 0 Å². The number of carbonyl (C=O) groups is 1. The summed E-state index contributed by atoms with van der Waals surface area (Å²) in [5, 5.41) is 3.09. The van der Waals surface area contributed by atoms with Crippen LogP contribution < -0.4 is 5.32 Å². The lowest BCUT2D eigenvalue weighted by Gasteiger charge is -2.27. The molecule has 0 saturated heterocycles. The molecule has 1 atom stereocenters. The zero-order chi connectivity index (χ0) is 14.1. The minimum atomic E-state index is 0.0781. The van der Waals surface area contributed by atoms with Crippen LogP contribution in [0, 0.1) is 17.8 Å². The van der Waals surface area contributed by atoms with Gasteiger partial charge in [-0.2, -0.15) is 0 Å². The van der Waals surface area contributed by atoms with Gasteiger partial charge in [0.15, 0.2) is 0 Å². The summed E-state index contributed by atoms with van der Waals surface area (Å²) in [5.41, 5.74) is 0. The maximum absolute atomic E-state index is 12.3. The molecule has 0 aliphatic carbocycles. The van der Waals surface area contributed by atoms with Crippen molar-refractivity contribution in [3.8, 4) is 0 Å². The zero-order valence-corrected chi connectivity index (χ0v) is 13.1. The fourth-order valence-corrected chi connectivity index (χ4v) is 1.87. The zero-order valence-electron chi connectivity index (χ0n) is 13.1. The summed E-state index contributed by atoms with van der Waals surface area (Å²) in [5.74, 6) is 1.68. The number of amides is 1. The van der Waals surface area contributed by atoms with Gasteiger partial charge in [0.25, 0.3) is 0 Å². The molecule has 0 fully saturated rings. The molecule has 0 spiro atoms. The van der Waals surface area contributed by atoms with E-state index in [1.807, 2.05) is 14.0 Å². The molecular weight excluding hydrogens is 224 g/mol. The molecule has 1 N–H and O–H groups in total. The van der Waals surface area contributed by atoms with Crippen LogP contribution in [0.1, 0.15) is 47.5 Å². The van der Waals surface area contributed by atoms with E-state index in [-0.39, 0.29) is 5.92 Å². The van der Waals surface area contributed by atoms with Gasteiger partial charge in [-0.15, -0.1) is 0 Å². The Hall–Kier alpha value is -0.570. The van der Waals surface area contributed by atoms with Crippen LogP contribution in [0.2, 0.25) is 0 Å². The lowest BCUT2D eigenvalue weighted by Crippen LogP contribution is -2.40. The largest absolute Gasteiger partial charge is 0.342 e. The van der Waals surface area contributed by atoms with Crippen molar-refractivity contribution >= 4 is 5.91 Å². The third-order valence-corrected chi connectivity index (χ3v) is 3.20. The third kappa shape index (κ3) is 7.70. The molecule has 0 aromatic rings. The van der Waals surface area contributed by atoms with Crippen LogP contribution in [-0.4, -0.2) is 37.5 Å². The molecule has 3 nitrogen and oxygen atoms in total. The molecule has 108 valence electrons. The molecule has 1 amide bonds. The number of carbonyl (C=O) groups excluding carboxylic acids is 1. The minimum absolute atomic E-state index is 0.0781. The summed E-state index contributed by atoms with van der Waals surface area (Å²) >= 11 is 0. The van der Waals surface area contributed by atoms with Crippen LogP contribution in [0.4, 0.5) is 0 Å². The normalized spacial score (nSPS) is 13.1. The lowest BCUT2D eigenvalue weighted by molar-refractivity contribution is -0.135. The first-order valence-electron chi connectivity index (χ1n) is 7.31. The summed E-state index contributed by atoms with van der Waals surface area (Å²) in [7, 11) is 1.90. The minimum Gasteiger partial charge on any atom is -0.342 e. The van der Waals surface area contributed by atoms with E-state index in [1.54, 1.807) is 0 Å².